The van der Waals surface area contributed by atoms with Gasteiger partial charge in [-0.05, 0) is 30.9 Å². The molecule has 0 aromatic carbocycles. The fraction of sp³-hybridized carbons (Fsp3) is 0.438. The van der Waals surface area contributed by atoms with Crippen LogP contribution >= 0.6 is 11.3 Å². The molecule has 7 heteroatoms. The van der Waals surface area contributed by atoms with Gasteiger partial charge in [0.05, 0.1) is 18.1 Å². The lowest BCUT2D eigenvalue weighted by Gasteiger charge is -2.34. The van der Waals surface area contributed by atoms with Crippen LogP contribution in [0.3, 0.4) is 0 Å². The predicted molar refractivity (Wildman–Crippen MR) is 90.0 cm³/mol. The van der Waals surface area contributed by atoms with Gasteiger partial charge in [-0.3, -0.25) is 4.79 Å². The fourth-order valence-electron chi connectivity index (χ4n) is 2.61. The smallest absolute Gasteiger partial charge is 0.264 e. The number of amides is 1. The molecule has 0 aliphatic carbocycles. The molecule has 1 unspecified atom stereocenters. The van der Waals surface area contributed by atoms with Gasteiger partial charge in [-0.2, -0.15) is 0 Å². The average molecular weight is 332 g/mol. The highest BCUT2D eigenvalue weighted by Gasteiger charge is 2.32. The first-order chi connectivity index (χ1) is 11.1. The van der Waals surface area contributed by atoms with Crippen molar-refractivity contribution in [1.82, 2.24) is 14.9 Å². The summed E-state index contributed by atoms with van der Waals surface area (Å²) in [6, 6.07) is 3.54. The average Bonchev–Trinajstić information content (AvgIpc) is 3.00. The summed E-state index contributed by atoms with van der Waals surface area (Å²) in [5.74, 6) is 1.39. The van der Waals surface area contributed by atoms with Gasteiger partial charge in [-0.15, -0.1) is 11.3 Å². The highest BCUT2D eigenvalue weighted by atomic mass is 32.1. The Balaban J connectivity index is 1.92. The van der Waals surface area contributed by atoms with Crippen molar-refractivity contribution in [3.8, 4) is 0 Å². The van der Waals surface area contributed by atoms with Gasteiger partial charge in [0.25, 0.3) is 5.91 Å². The molecule has 1 atom stereocenters. The summed E-state index contributed by atoms with van der Waals surface area (Å²) < 4.78 is 5.58. The summed E-state index contributed by atoms with van der Waals surface area (Å²) in [5.41, 5.74) is 1.97. The quantitative estimate of drug-likeness (QED) is 0.935. The van der Waals surface area contributed by atoms with E-state index in [1.165, 1.54) is 11.3 Å². The number of hydrogen-bond donors (Lipinski definition) is 1. The van der Waals surface area contributed by atoms with E-state index in [-0.39, 0.29) is 11.9 Å². The van der Waals surface area contributed by atoms with Crippen LogP contribution < -0.4 is 5.32 Å². The van der Waals surface area contributed by atoms with Crippen LogP contribution in [0.15, 0.2) is 17.5 Å². The van der Waals surface area contributed by atoms with Crippen molar-refractivity contribution < 1.29 is 9.53 Å². The molecule has 2 aromatic rings. The van der Waals surface area contributed by atoms with Gasteiger partial charge in [-0.25, -0.2) is 9.97 Å². The SMILES string of the molecule is CNc1cc(C)nc(C2COCCN2C(=O)c2cc(C)cs2)n1. The number of nitrogens with one attached hydrogen (secondary N) is 1. The van der Waals surface area contributed by atoms with Crippen LogP contribution in [0, 0.1) is 13.8 Å². The van der Waals surface area contributed by atoms with Crippen molar-refractivity contribution in [2.75, 3.05) is 32.1 Å². The van der Waals surface area contributed by atoms with Crippen LogP contribution in [0.5, 0.6) is 0 Å². The van der Waals surface area contributed by atoms with E-state index in [1.807, 2.05) is 43.3 Å². The maximum absolute atomic E-state index is 12.8. The number of hydrogen-bond acceptors (Lipinski definition) is 6. The molecule has 1 aliphatic rings. The van der Waals surface area contributed by atoms with Crippen molar-refractivity contribution in [1.29, 1.82) is 0 Å². The van der Waals surface area contributed by atoms with Crippen molar-refractivity contribution >= 4 is 23.1 Å². The summed E-state index contributed by atoms with van der Waals surface area (Å²) >= 11 is 1.47. The lowest BCUT2D eigenvalue weighted by atomic mass is 10.2. The maximum Gasteiger partial charge on any atom is 0.264 e. The predicted octanol–water partition coefficient (Wildman–Crippen LogP) is 2.41. The molecule has 122 valence electrons. The third kappa shape index (κ3) is 3.35. The number of rotatable bonds is 3. The number of nitrogens with zero attached hydrogens (tertiary/aromatic N) is 3. The molecule has 1 aliphatic heterocycles. The summed E-state index contributed by atoms with van der Waals surface area (Å²) in [4.78, 5) is 24.4. The number of morpholine rings is 1. The van der Waals surface area contributed by atoms with E-state index in [1.54, 1.807) is 0 Å². The van der Waals surface area contributed by atoms with E-state index in [2.05, 4.69) is 15.3 Å². The van der Waals surface area contributed by atoms with E-state index in [0.717, 1.165) is 22.0 Å². The van der Waals surface area contributed by atoms with Gasteiger partial charge in [0, 0.05) is 25.4 Å². The van der Waals surface area contributed by atoms with Gasteiger partial charge < -0.3 is 15.0 Å². The molecule has 0 spiro atoms. The molecule has 1 saturated heterocycles. The zero-order valence-electron chi connectivity index (χ0n) is 13.5. The second-order valence-corrected chi connectivity index (χ2v) is 6.49. The first-order valence-electron chi connectivity index (χ1n) is 7.55. The van der Waals surface area contributed by atoms with Crippen LogP contribution in [-0.2, 0) is 4.74 Å². The molecule has 1 N–H and O–H groups in total. The molecule has 23 heavy (non-hydrogen) atoms. The maximum atomic E-state index is 12.8. The number of aromatic nitrogens is 2. The molecular formula is C16H20N4O2S. The normalized spacial score (nSPS) is 18.0. The largest absolute Gasteiger partial charge is 0.377 e. The number of aryl methyl sites for hydroxylation is 2. The van der Waals surface area contributed by atoms with Crippen molar-refractivity contribution in [2.45, 2.75) is 19.9 Å². The third-order valence-electron chi connectivity index (χ3n) is 3.76. The Labute approximate surface area is 139 Å². The molecule has 1 amide bonds. The Morgan fingerprint density at radius 1 is 1.39 bits per heavy atom. The first kappa shape index (κ1) is 15.9. The molecule has 0 bridgehead atoms. The van der Waals surface area contributed by atoms with Gasteiger partial charge >= 0.3 is 0 Å². The minimum atomic E-state index is -0.259. The number of ether oxygens (including phenoxy) is 1. The highest BCUT2D eigenvalue weighted by Crippen LogP contribution is 2.26. The highest BCUT2D eigenvalue weighted by molar-refractivity contribution is 7.12. The molecule has 0 radical (unpaired) electrons. The lowest BCUT2D eigenvalue weighted by Crippen LogP contribution is -2.44. The Kier molecular flexibility index (Phi) is 4.58. The van der Waals surface area contributed by atoms with Crippen LogP contribution in [0.2, 0.25) is 0 Å². The van der Waals surface area contributed by atoms with Gasteiger partial charge in [0.1, 0.15) is 11.9 Å². The number of carbonyl (C=O) groups is 1. The topological polar surface area (TPSA) is 67.4 Å². The number of thiophene rings is 1. The van der Waals surface area contributed by atoms with Crippen LogP contribution in [-0.4, -0.2) is 47.6 Å². The Morgan fingerprint density at radius 3 is 2.91 bits per heavy atom. The second-order valence-electron chi connectivity index (χ2n) is 5.58. The van der Waals surface area contributed by atoms with E-state index in [0.29, 0.717) is 25.6 Å². The zero-order valence-corrected chi connectivity index (χ0v) is 14.3. The van der Waals surface area contributed by atoms with Crippen molar-refractivity contribution in [2.24, 2.45) is 0 Å². The second kappa shape index (κ2) is 6.64. The van der Waals surface area contributed by atoms with E-state index in [9.17, 15) is 4.79 Å². The minimum absolute atomic E-state index is 0.0208. The van der Waals surface area contributed by atoms with Crippen molar-refractivity contribution in [3.63, 3.8) is 0 Å². The molecular weight excluding hydrogens is 312 g/mol. The fourth-order valence-corrected chi connectivity index (χ4v) is 3.47. The van der Waals surface area contributed by atoms with Crippen LogP contribution in [0.4, 0.5) is 5.82 Å². The Hall–Kier alpha value is -1.99. The Bertz CT molecular complexity index is 716. The zero-order chi connectivity index (χ0) is 16.4. The van der Waals surface area contributed by atoms with Crippen LogP contribution in [0.1, 0.15) is 32.8 Å². The van der Waals surface area contributed by atoms with E-state index >= 15 is 0 Å². The summed E-state index contributed by atoms with van der Waals surface area (Å²) in [6.07, 6.45) is 0. The standard InChI is InChI=1S/C16H20N4O2S/c1-10-6-13(23-9-10)16(21)20-4-5-22-8-12(20)15-18-11(2)7-14(17-3)19-15/h6-7,9,12H,4-5,8H2,1-3H3,(H,17,18,19). The van der Waals surface area contributed by atoms with Crippen molar-refractivity contribution in [3.05, 3.63) is 39.5 Å². The molecule has 6 nitrogen and oxygen atoms in total. The lowest BCUT2D eigenvalue weighted by molar-refractivity contribution is -0.00497. The Morgan fingerprint density at radius 2 is 2.22 bits per heavy atom. The first-order valence-corrected chi connectivity index (χ1v) is 8.43. The van der Waals surface area contributed by atoms with Crippen LogP contribution in [0.25, 0.3) is 0 Å². The third-order valence-corrected chi connectivity index (χ3v) is 4.79. The number of carbonyl (C=O) groups excluding carboxylic acids is 1. The van der Waals surface area contributed by atoms with Gasteiger partial charge in [-0.1, -0.05) is 0 Å². The van der Waals surface area contributed by atoms with E-state index in [4.69, 9.17) is 4.74 Å². The van der Waals surface area contributed by atoms with E-state index < -0.39 is 0 Å². The van der Waals surface area contributed by atoms with Gasteiger partial charge in [0.2, 0.25) is 0 Å². The number of anilines is 1. The summed E-state index contributed by atoms with van der Waals surface area (Å²) in [6.45, 7) is 5.42. The molecule has 0 saturated carbocycles. The van der Waals surface area contributed by atoms with Gasteiger partial charge in [0.15, 0.2) is 5.82 Å². The summed E-state index contributed by atoms with van der Waals surface area (Å²) in [7, 11) is 1.82. The molecule has 3 heterocycles. The molecule has 2 aromatic heterocycles. The monoisotopic (exact) mass is 332 g/mol. The molecule has 3 rings (SSSR count). The summed E-state index contributed by atoms with van der Waals surface area (Å²) in [5, 5.41) is 5.02. The minimum Gasteiger partial charge on any atom is -0.377 e. The molecule has 1 fully saturated rings.